The van der Waals surface area contributed by atoms with E-state index in [-0.39, 0.29) is 0 Å². The Kier molecular flexibility index (Phi) is 5.00. The van der Waals surface area contributed by atoms with Crippen LogP contribution in [0.5, 0.6) is 0 Å². The average molecular weight is 401 g/mol. The summed E-state index contributed by atoms with van der Waals surface area (Å²) in [7, 11) is 0. The average Bonchev–Trinajstić information content (AvgIpc) is 3.24. The smallest absolute Gasteiger partial charge is 0.163 e. The van der Waals surface area contributed by atoms with Crippen LogP contribution in [0, 0.1) is 0 Å². The number of nitrogens with zero attached hydrogens (tertiary/aromatic N) is 4. The second-order valence-corrected chi connectivity index (χ2v) is 8.38. The van der Waals surface area contributed by atoms with Gasteiger partial charge in [-0.3, -0.25) is 0 Å². The van der Waals surface area contributed by atoms with Crippen molar-refractivity contribution >= 4 is 27.4 Å². The highest BCUT2D eigenvalue weighted by atomic mass is 32.1. The highest BCUT2D eigenvalue weighted by Crippen LogP contribution is 2.38. The highest BCUT2D eigenvalue weighted by molar-refractivity contribution is 7.22. The largest absolute Gasteiger partial charge is 0.353 e. The standard InChI is InChI=1S/C24H24N4S/c1-2-27-13-15-28(16-14-27)23-20-17-21(18-9-5-3-6-10-18)29-24(20)26-22(25-23)19-11-7-4-8-12-19/h3-12,17H,2,13-16H2,1H3. The number of rotatable bonds is 4. The second kappa shape index (κ2) is 7.93. The zero-order valence-corrected chi connectivity index (χ0v) is 17.4. The molecule has 1 aliphatic heterocycles. The van der Waals surface area contributed by atoms with E-state index in [4.69, 9.17) is 9.97 Å². The zero-order chi connectivity index (χ0) is 19.6. The summed E-state index contributed by atoms with van der Waals surface area (Å²) in [5.41, 5.74) is 2.30. The molecule has 0 unspecified atom stereocenters. The summed E-state index contributed by atoms with van der Waals surface area (Å²) in [6, 6.07) is 23.1. The van der Waals surface area contributed by atoms with Crippen molar-refractivity contribution in [3.8, 4) is 21.8 Å². The molecule has 1 saturated heterocycles. The number of aromatic nitrogens is 2. The summed E-state index contributed by atoms with van der Waals surface area (Å²) in [4.78, 5) is 17.2. The van der Waals surface area contributed by atoms with Crippen molar-refractivity contribution in [1.82, 2.24) is 14.9 Å². The lowest BCUT2D eigenvalue weighted by Crippen LogP contribution is -2.46. The molecule has 0 aliphatic carbocycles. The van der Waals surface area contributed by atoms with Gasteiger partial charge >= 0.3 is 0 Å². The first-order valence-electron chi connectivity index (χ1n) is 10.2. The minimum Gasteiger partial charge on any atom is -0.353 e. The van der Waals surface area contributed by atoms with Crippen LogP contribution in [-0.4, -0.2) is 47.6 Å². The van der Waals surface area contributed by atoms with Gasteiger partial charge < -0.3 is 9.80 Å². The van der Waals surface area contributed by atoms with Crippen LogP contribution in [0.2, 0.25) is 0 Å². The van der Waals surface area contributed by atoms with Gasteiger partial charge in [0.15, 0.2) is 5.82 Å². The van der Waals surface area contributed by atoms with Gasteiger partial charge in [-0.2, -0.15) is 0 Å². The molecule has 0 radical (unpaired) electrons. The molecular formula is C24H24N4S. The molecule has 146 valence electrons. The van der Waals surface area contributed by atoms with Gasteiger partial charge in [0.2, 0.25) is 0 Å². The normalized spacial score (nSPS) is 15.1. The third-order valence-electron chi connectivity index (χ3n) is 5.58. The summed E-state index contributed by atoms with van der Waals surface area (Å²) < 4.78 is 0. The molecule has 0 atom stereocenters. The number of hydrogen-bond acceptors (Lipinski definition) is 5. The molecule has 1 fully saturated rings. The zero-order valence-electron chi connectivity index (χ0n) is 16.6. The van der Waals surface area contributed by atoms with Crippen LogP contribution in [0.1, 0.15) is 6.92 Å². The topological polar surface area (TPSA) is 32.3 Å². The number of likely N-dealkylation sites (N-methyl/N-ethyl adjacent to an activating group) is 1. The fourth-order valence-electron chi connectivity index (χ4n) is 3.88. The van der Waals surface area contributed by atoms with E-state index >= 15 is 0 Å². The lowest BCUT2D eigenvalue weighted by Gasteiger charge is -2.35. The molecule has 0 N–H and O–H groups in total. The SMILES string of the molecule is CCN1CCN(c2nc(-c3ccccc3)nc3sc(-c4ccccc4)cc23)CC1. The first-order valence-corrected chi connectivity index (χ1v) is 11.0. The minimum absolute atomic E-state index is 0.812. The molecule has 4 aromatic rings. The maximum atomic E-state index is 5.06. The van der Waals surface area contributed by atoms with Crippen LogP contribution in [-0.2, 0) is 0 Å². The molecule has 1 aliphatic rings. The Labute approximate surface area is 175 Å². The Morgan fingerprint density at radius 3 is 2.14 bits per heavy atom. The van der Waals surface area contributed by atoms with Crippen molar-refractivity contribution in [2.75, 3.05) is 37.6 Å². The number of fused-ring (bicyclic) bond motifs is 1. The van der Waals surface area contributed by atoms with Crippen molar-refractivity contribution in [1.29, 1.82) is 0 Å². The fourth-order valence-corrected chi connectivity index (χ4v) is 4.92. The van der Waals surface area contributed by atoms with Crippen LogP contribution in [0.3, 0.4) is 0 Å². The lowest BCUT2D eigenvalue weighted by atomic mass is 10.1. The molecule has 2 aromatic carbocycles. The summed E-state index contributed by atoms with van der Waals surface area (Å²) >= 11 is 1.75. The van der Waals surface area contributed by atoms with Crippen molar-refractivity contribution in [3.63, 3.8) is 0 Å². The van der Waals surface area contributed by atoms with Crippen molar-refractivity contribution < 1.29 is 0 Å². The molecule has 0 amide bonds. The van der Waals surface area contributed by atoms with Crippen LogP contribution in [0.4, 0.5) is 5.82 Å². The first-order chi connectivity index (χ1) is 14.3. The van der Waals surface area contributed by atoms with Crippen molar-refractivity contribution in [2.45, 2.75) is 6.92 Å². The predicted octanol–water partition coefficient (Wildman–Crippen LogP) is 5.17. The molecule has 2 aromatic heterocycles. The molecular weight excluding hydrogens is 376 g/mol. The van der Waals surface area contributed by atoms with E-state index in [0.29, 0.717) is 0 Å². The Morgan fingerprint density at radius 2 is 1.48 bits per heavy atom. The summed E-state index contributed by atoms with van der Waals surface area (Å²) in [5, 5.41) is 1.17. The van der Waals surface area contributed by atoms with E-state index < -0.39 is 0 Å². The molecule has 0 spiro atoms. The van der Waals surface area contributed by atoms with Crippen LogP contribution in [0.15, 0.2) is 66.7 Å². The monoisotopic (exact) mass is 400 g/mol. The van der Waals surface area contributed by atoms with Crippen LogP contribution in [0.25, 0.3) is 32.0 Å². The Bertz CT molecular complexity index is 1100. The third kappa shape index (κ3) is 3.63. The second-order valence-electron chi connectivity index (χ2n) is 7.35. The van der Waals surface area contributed by atoms with E-state index in [1.807, 2.05) is 18.2 Å². The van der Waals surface area contributed by atoms with Crippen molar-refractivity contribution in [3.05, 3.63) is 66.7 Å². The van der Waals surface area contributed by atoms with E-state index in [2.05, 4.69) is 65.3 Å². The predicted molar refractivity (Wildman–Crippen MR) is 123 cm³/mol. The number of anilines is 1. The summed E-state index contributed by atoms with van der Waals surface area (Å²) in [5.74, 6) is 1.88. The van der Waals surface area contributed by atoms with Crippen molar-refractivity contribution in [2.24, 2.45) is 0 Å². The lowest BCUT2D eigenvalue weighted by molar-refractivity contribution is 0.271. The Hall–Kier alpha value is -2.76. The number of benzene rings is 2. The molecule has 0 bridgehead atoms. The molecule has 5 rings (SSSR count). The molecule has 0 saturated carbocycles. The van der Waals surface area contributed by atoms with Gasteiger partial charge in [-0.1, -0.05) is 67.6 Å². The van der Waals surface area contributed by atoms with E-state index in [1.54, 1.807) is 11.3 Å². The molecule has 29 heavy (non-hydrogen) atoms. The molecule has 4 nitrogen and oxygen atoms in total. The Morgan fingerprint density at radius 1 is 0.828 bits per heavy atom. The number of hydrogen-bond donors (Lipinski definition) is 0. The third-order valence-corrected chi connectivity index (χ3v) is 6.66. The maximum Gasteiger partial charge on any atom is 0.163 e. The van der Waals surface area contributed by atoms with Gasteiger partial charge in [0.1, 0.15) is 10.6 Å². The number of piperazine rings is 1. The van der Waals surface area contributed by atoms with E-state index in [1.165, 1.54) is 15.8 Å². The minimum atomic E-state index is 0.812. The molecule has 3 heterocycles. The van der Waals surface area contributed by atoms with Gasteiger partial charge in [0.05, 0.1) is 5.39 Å². The van der Waals surface area contributed by atoms with E-state index in [0.717, 1.165) is 54.8 Å². The quantitative estimate of drug-likeness (QED) is 0.473. The Balaban J connectivity index is 1.63. The summed E-state index contributed by atoms with van der Waals surface area (Å²) in [6.07, 6.45) is 0. The highest BCUT2D eigenvalue weighted by Gasteiger charge is 2.22. The van der Waals surface area contributed by atoms with E-state index in [9.17, 15) is 0 Å². The van der Waals surface area contributed by atoms with Gasteiger partial charge in [0.25, 0.3) is 0 Å². The van der Waals surface area contributed by atoms with Crippen LogP contribution >= 0.6 is 11.3 Å². The van der Waals surface area contributed by atoms with Gasteiger partial charge in [0, 0.05) is 36.6 Å². The van der Waals surface area contributed by atoms with Gasteiger partial charge in [-0.05, 0) is 18.2 Å². The van der Waals surface area contributed by atoms with Gasteiger partial charge in [-0.15, -0.1) is 11.3 Å². The first kappa shape index (κ1) is 18.3. The van der Waals surface area contributed by atoms with Gasteiger partial charge in [-0.25, -0.2) is 9.97 Å². The summed E-state index contributed by atoms with van der Waals surface area (Å²) in [6.45, 7) is 7.52. The molecule has 5 heteroatoms. The fraction of sp³-hybridized carbons (Fsp3) is 0.250. The number of thiophene rings is 1. The van der Waals surface area contributed by atoms with Crippen LogP contribution < -0.4 is 4.90 Å². The maximum absolute atomic E-state index is 5.06.